The number of nitrogens with one attached hydrogen (secondary N) is 1. The summed E-state index contributed by atoms with van der Waals surface area (Å²) in [6.45, 7) is 9.25. The van der Waals surface area contributed by atoms with Gasteiger partial charge in [-0.25, -0.2) is 0 Å². The van der Waals surface area contributed by atoms with Gasteiger partial charge >= 0.3 is 0 Å². The van der Waals surface area contributed by atoms with Gasteiger partial charge in [0.2, 0.25) is 0 Å². The number of nitrogens with zero attached hydrogens (tertiary/aromatic N) is 2. The average molecular weight is 245 g/mol. The molecule has 0 aromatic carbocycles. The number of pyridine rings is 1. The lowest BCUT2D eigenvalue weighted by Crippen LogP contribution is -2.48. The first-order valence-electron chi connectivity index (χ1n) is 6.94. The van der Waals surface area contributed by atoms with E-state index in [0.29, 0.717) is 5.41 Å². The quantitative estimate of drug-likeness (QED) is 0.864. The van der Waals surface area contributed by atoms with Crippen molar-refractivity contribution >= 4 is 0 Å². The van der Waals surface area contributed by atoms with E-state index < -0.39 is 0 Å². The predicted molar refractivity (Wildman–Crippen MR) is 73.3 cm³/mol. The molecule has 1 spiro atoms. The fourth-order valence-corrected chi connectivity index (χ4v) is 2.91. The molecule has 0 unspecified atom stereocenters. The first-order chi connectivity index (χ1) is 8.60. The number of hydrogen-bond donors (Lipinski definition) is 1. The van der Waals surface area contributed by atoms with Gasteiger partial charge in [0.15, 0.2) is 0 Å². The third-order valence-corrected chi connectivity index (χ3v) is 4.52. The van der Waals surface area contributed by atoms with Gasteiger partial charge in [-0.1, -0.05) is 0 Å². The molecule has 2 heterocycles. The molecule has 3 rings (SSSR count). The second kappa shape index (κ2) is 4.32. The number of rotatable bonds is 2. The number of hydrogen-bond acceptors (Lipinski definition) is 3. The highest BCUT2D eigenvalue weighted by Gasteiger charge is 2.47. The maximum absolute atomic E-state index is 4.10. The highest BCUT2D eigenvalue weighted by Crippen LogP contribution is 2.47. The van der Waals surface area contributed by atoms with Gasteiger partial charge in [0.1, 0.15) is 0 Å². The maximum atomic E-state index is 4.10. The molecule has 1 aromatic heterocycles. The van der Waals surface area contributed by atoms with Gasteiger partial charge in [0, 0.05) is 44.1 Å². The van der Waals surface area contributed by atoms with E-state index in [0.717, 1.165) is 13.1 Å². The fourth-order valence-electron chi connectivity index (χ4n) is 2.91. The molecule has 0 radical (unpaired) electrons. The molecular weight excluding hydrogens is 222 g/mol. The molecule has 18 heavy (non-hydrogen) atoms. The van der Waals surface area contributed by atoms with Gasteiger partial charge < -0.3 is 5.32 Å². The highest BCUT2D eigenvalue weighted by atomic mass is 15.2. The van der Waals surface area contributed by atoms with E-state index in [1.165, 1.54) is 31.5 Å². The Morgan fingerprint density at radius 1 is 1.22 bits per heavy atom. The maximum Gasteiger partial charge on any atom is 0.0281 e. The molecule has 1 aromatic rings. The molecule has 0 amide bonds. The summed E-state index contributed by atoms with van der Waals surface area (Å²) in [6.07, 6.45) is 6.57. The third-order valence-electron chi connectivity index (χ3n) is 4.52. The Balaban J connectivity index is 1.78. The largest absolute Gasteiger partial charge is 0.314 e. The third kappa shape index (κ3) is 2.43. The van der Waals surface area contributed by atoms with Gasteiger partial charge in [-0.05, 0) is 49.8 Å². The lowest BCUT2D eigenvalue weighted by Gasteiger charge is -2.38. The van der Waals surface area contributed by atoms with E-state index in [4.69, 9.17) is 0 Å². The van der Waals surface area contributed by atoms with Crippen molar-refractivity contribution in [1.29, 1.82) is 0 Å². The van der Waals surface area contributed by atoms with E-state index in [2.05, 4.69) is 41.2 Å². The normalized spacial score (nSPS) is 25.9. The van der Waals surface area contributed by atoms with Crippen LogP contribution in [0, 0.1) is 5.41 Å². The Labute approximate surface area is 110 Å². The molecule has 1 aliphatic heterocycles. The molecular formula is C15H23N3. The summed E-state index contributed by atoms with van der Waals surface area (Å²) in [5, 5.41) is 3.65. The summed E-state index contributed by atoms with van der Waals surface area (Å²) in [6, 6.07) is 4.27. The molecule has 1 N–H and O–H groups in total. The zero-order valence-electron chi connectivity index (χ0n) is 11.4. The average Bonchev–Trinajstić information content (AvgIpc) is 3.10. The smallest absolute Gasteiger partial charge is 0.0281 e. The lowest BCUT2D eigenvalue weighted by atomic mass is 10.0. The van der Waals surface area contributed by atoms with Crippen LogP contribution >= 0.6 is 0 Å². The van der Waals surface area contributed by atoms with Crippen LogP contribution in [-0.2, 0) is 6.54 Å². The predicted octanol–water partition coefficient (Wildman–Crippen LogP) is 2.05. The Morgan fingerprint density at radius 2 is 1.94 bits per heavy atom. The van der Waals surface area contributed by atoms with Gasteiger partial charge in [-0.3, -0.25) is 9.88 Å². The van der Waals surface area contributed by atoms with E-state index in [-0.39, 0.29) is 5.54 Å². The van der Waals surface area contributed by atoms with Crippen molar-refractivity contribution in [2.24, 2.45) is 5.41 Å². The Hall–Kier alpha value is -0.930. The van der Waals surface area contributed by atoms with Gasteiger partial charge in [0.25, 0.3) is 0 Å². The molecule has 0 atom stereocenters. The van der Waals surface area contributed by atoms with Crippen molar-refractivity contribution in [2.75, 3.05) is 19.6 Å². The van der Waals surface area contributed by atoms with Crippen molar-refractivity contribution in [1.82, 2.24) is 15.2 Å². The van der Waals surface area contributed by atoms with Crippen LogP contribution in [0.2, 0.25) is 0 Å². The van der Waals surface area contributed by atoms with Gasteiger partial charge in [-0.2, -0.15) is 0 Å². The standard InChI is InChI=1S/C15H23N3/c1-14(2)10-17-11-15(5-6-15)12-18(14)9-13-3-7-16-8-4-13/h3-4,7-8,17H,5-6,9-12H2,1-2H3. The Morgan fingerprint density at radius 3 is 2.61 bits per heavy atom. The minimum atomic E-state index is 0.232. The molecule has 2 aliphatic rings. The molecule has 3 nitrogen and oxygen atoms in total. The molecule has 1 saturated carbocycles. The lowest BCUT2D eigenvalue weighted by molar-refractivity contribution is 0.107. The summed E-state index contributed by atoms with van der Waals surface area (Å²) in [7, 11) is 0. The number of aromatic nitrogens is 1. The SMILES string of the molecule is CC1(C)CNCC2(CC2)CN1Cc1ccncc1. The Kier molecular flexibility index (Phi) is 2.91. The summed E-state index contributed by atoms with van der Waals surface area (Å²) in [4.78, 5) is 6.75. The highest BCUT2D eigenvalue weighted by molar-refractivity contribution is 5.12. The minimum absolute atomic E-state index is 0.232. The van der Waals surface area contributed by atoms with Gasteiger partial charge in [0.05, 0.1) is 0 Å². The van der Waals surface area contributed by atoms with Crippen LogP contribution in [-0.4, -0.2) is 35.1 Å². The van der Waals surface area contributed by atoms with Crippen LogP contribution in [0.1, 0.15) is 32.3 Å². The Bertz CT molecular complexity index is 409. The fraction of sp³-hybridized carbons (Fsp3) is 0.667. The molecule has 1 saturated heterocycles. The van der Waals surface area contributed by atoms with Crippen LogP contribution in [0.4, 0.5) is 0 Å². The summed E-state index contributed by atoms with van der Waals surface area (Å²) in [5.74, 6) is 0. The van der Waals surface area contributed by atoms with Crippen LogP contribution in [0.5, 0.6) is 0 Å². The van der Waals surface area contributed by atoms with E-state index in [1.807, 2.05) is 12.4 Å². The zero-order chi connectivity index (χ0) is 12.6. The van der Waals surface area contributed by atoms with E-state index in [9.17, 15) is 0 Å². The first-order valence-corrected chi connectivity index (χ1v) is 6.94. The zero-order valence-corrected chi connectivity index (χ0v) is 11.4. The van der Waals surface area contributed by atoms with Crippen LogP contribution in [0.3, 0.4) is 0 Å². The van der Waals surface area contributed by atoms with Crippen molar-refractivity contribution < 1.29 is 0 Å². The van der Waals surface area contributed by atoms with Crippen LogP contribution in [0.15, 0.2) is 24.5 Å². The second-order valence-corrected chi connectivity index (χ2v) is 6.63. The minimum Gasteiger partial charge on any atom is -0.314 e. The molecule has 0 bridgehead atoms. The van der Waals surface area contributed by atoms with Crippen LogP contribution in [0.25, 0.3) is 0 Å². The van der Waals surface area contributed by atoms with Gasteiger partial charge in [-0.15, -0.1) is 0 Å². The van der Waals surface area contributed by atoms with E-state index in [1.54, 1.807) is 0 Å². The van der Waals surface area contributed by atoms with Crippen LogP contribution < -0.4 is 5.32 Å². The first kappa shape index (κ1) is 12.1. The molecule has 3 heteroatoms. The van der Waals surface area contributed by atoms with Crippen molar-refractivity contribution in [2.45, 2.75) is 38.8 Å². The summed E-state index contributed by atoms with van der Waals surface area (Å²) < 4.78 is 0. The molecule has 2 fully saturated rings. The molecule has 1 aliphatic carbocycles. The van der Waals surface area contributed by atoms with E-state index >= 15 is 0 Å². The van der Waals surface area contributed by atoms with Crippen molar-refractivity contribution in [3.63, 3.8) is 0 Å². The topological polar surface area (TPSA) is 28.2 Å². The van der Waals surface area contributed by atoms with Crippen molar-refractivity contribution in [3.05, 3.63) is 30.1 Å². The monoisotopic (exact) mass is 245 g/mol. The molecule has 98 valence electrons. The summed E-state index contributed by atoms with van der Waals surface area (Å²) in [5.41, 5.74) is 2.17. The van der Waals surface area contributed by atoms with Crippen molar-refractivity contribution in [3.8, 4) is 0 Å². The summed E-state index contributed by atoms with van der Waals surface area (Å²) >= 11 is 0. The second-order valence-electron chi connectivity index (χ2n) is 6.63.